The van der Waals surface area contributed by atoms with Gasteiger partial charge in [0.05, 0.1) is 11.9 Å². The molecule has 0 bridgehead atoms. The summed E-state index contributed by atoms with van der Waals surface area (Å²) in [6, 6.07) is 0.206. The van der Waals surface area contributed by atoms with Gasteiger partial charge in [-0.3, -0.25) is 4.79 Å². The van der Waals surface area contributed by atoms with Crippen molar-refractivity contribution in [3.05, 3.63) is 26.6 Å². The number of aryl methyl sites for hydroxylation is 2. The minimum absolute atomic E-state index is 0.0618. The fraction of sp³-hybridized carbons (Fsp3) is 0.429. The van der Waals surface area contributed by atoms with Gasteiger partial charge < -0.3 is 10.3 Å². The SMILES string of the molecule is C#CCC(C)NCc1nc2sc(C)c(C)c2c(=O)[nH]1. The molecule has 4 nitrogen and oxygen atoms in total. The molecule has 0 amide bonds. The maximum Gasteiger partial charge on any atom is 0.259 e. The summed E-state index contributed by atoms with van der Waals surface area (Å²) in [5.74, 6) is 3.26. The van der Waals surface area contributed by atoms with Crippen LogP contribution in [0.25, 0.3) is 10.2 Å². The number of thiophene rings is 1. The fourth-order valence-electron chi connectivity index (χ4n) is 1.90. The third-order valence-electron chi connectivity index (χ3n) is 3.13. The van der Waals surface area contributed by atoms with Gasteiger partial charge in [-0.15, -0.1) is 23.7 Å². The van der Waals surface area contributed by atoms with Crippen LogP contribution in [0.1, 0.15) is 29.6 Å². The molecule has 0 aliphatic heterocycles. The number of aromatic amines is 1. The first kappa shape index (κ1) is 13.8. The number of nitrogens with zero attached hydrogens (tertiary/aromatic N) is 1. The second-order valence-corrected chi connectivity index (χ2v) is 5.87. The molecule has 0 radical (unpaired) electrons. The highest BCUT2D eigenvalue weighted by Crippen LogP contribution is 2.25. The molecule has 0 saturated carbocycles. The second kappa shape index (κ2) is 5.55. The van der Waals surface area contributed by atoms with Crippen LogP contribution in [0.4, 0.5) is 0 Å². The normalized spacial score (nSPS) is 12.5. The first-order valence-electron chi connectivity index (χ1n) is 6.18. The molecule has 0 aliphatic rings. The third kappa shape index (κ3) is 2.86. The Kier molecular flexibility index (Phi) is 4.03. The number of hydrogen-bond acceptors (Lipinski definition) is 4. The molecule has 0 fully saturated rings. The summed E-state index contributed by atoms with van der Waals surface area (Å²) >= 11 is 1.56. The van der Waals surface area contributed by atoms with Gasteiger partial charge >= 0.3 is 0 Å². The number of H-pyrrole nitrogens is 1. The lowest BCUT2D eigenvalue weighted by Gasteiger charge is -2.09. The number of hydrogen-bond donors (Lipinski definition) is 2. The van der Waals surface area contributed by atoms with E-state index in [1.165, 1.54) is 0 Å². The summed E-state index contributed by atoms with van der Waals surface area (Å²) in [6.45, 7) is 6.49. The zero-order chi connectivity index (χ0) is 14.0. The maximum absolute atomic E-state index is 12.1. The Hall–Kier alpha value is -1.64. The van der Waals surface area contributed by atoms with Gasteiger partial charge in [0, 0.05) is 17.3 Å². The standard InChI is InChI=1S/C14H17N3OS/c1-5-6-8(2)15-7-11-16-13(18)12-9(3)10(4)19-14(12)17-11/h1,8,15H,6-7H2,2-4H3,(H,16,17,18). The van der Waals surface area contributed by atoms with Crippen molar-refractivity contribution in [1.82, 2.24) is 15.3 Å². The van der Waals surface area contributed by atoms with E-state index in [0.717, 1.165) is 15.3 Å². The smallest absolute Gasteiger partial charge is 0.259 e. The Morgan fingerprint density at radius 1 is 1.53 bits per heavy atom. The van der Waals surface area contributed by atoms with Crippen molar-refractivity contribution in [2.45, 2.75) is 39.8 Å². The van der Waals surface area contributed by atoms with E-state index in [1.807, 2.05) is 20.8 Å². The quantitative estimate of drug-likeness (QED) is 0.840. The van der Waals surface area contributed by atoms with E-state index < -0.39 is 0 Å². The van der Waals surface area contributed by atoms with Gasteiger partial charge in [-0.25, -0.2) is 4.98 Å². The molecule has 2 rings (SSSR count). The van der Waals surface area contributed by atoms with Crippen LogP contribution < -0.4 is 10.9 Å². The molecule has 1 atom stereocenters. The molecule has 2 N–H and O–H groups in total. The van der Waals surface area contributed by atoms with E-state index in [0.29, 0.717) is 24.2 Å². The van der Waals surface area contributed by atoms with Crippen LogP contribution in [0.2, 0.25) is 0 Å². The highest BCUT2D eigenvalue weighted by Gasteiger charge is 2.11. The molecule has 2 heterocycles. The van der Waals surface area contributed by atoms with E-state index in [2.05, 4.69) is 21.2 Å². The van der Waals surface area contributed by atoms with Gasteiger partial charge in [0.1, 0.15) is 10.7 Å². The van der Waals surface area contributed by atoms with Crippen LogP contribution in [0.3, 0.4) is 0 Å². The van der Waals surface area contributed by atoms with Gasteiger partial charge in [-0.05, 0) is 26.3 Å². The number of nitrogens with one attached hydrogen (secondary N) is 2. The summed E-state index contributed by atoms with van der Waals surface area (Å²) in [5.41, 5.74) is 0.960. The molecular weight excluding hydrogens is 258 g/mol. The van der Waals surface area contributed by atoms with E-state index in [4.69, 9.17) is 6.42 Å². The Balaban J connectivity index is 2.27. The van der Waals surface area contributed by atoms with E-state index >= 15 is 0 Å². The van der Waals surface area contributed by atoms with Crippen molar-refractivity contribution >= 4 is 21.6 Å². The summed E-state index contributed by atoms with van der Waals surface area (Å²) in [7, 11) is 0. The Labute approximate surface area is 116 Å². The summed E-state index contributed by atoms with van der Waals surface area (Å²) in [5, 5.41) is 3.95. The molecule has 0 spiro atoms. The van der Waals surface area contributed by atoms with Crippen molar-refractivity contribution in [2.75, 3.05) is 0 Å². The van der Waals surface area contributed by atoms with Crippen LogP contribution >= 0.6 is 11.3 Å². The van der Waals surface area contributed by atoms with Gasteiger partial charge in [-0.1, -0.05) is 0 Å². The summed E-state index contributed by atoms with van der Waals surface area (Å²) < 4.78 is 0. The number of fused-ring (bicyclic) bond motifs is 1. The number of rotatable bonds is 4. The maximum atomic E-state index is 12.1. The summed E-state index contributed by atoms with van der Waals surface area (Å²) in [6.07, 6.45) is 5.91. The number of aromatic nitrogens is 2. The average Bonchev–Trinajstić information content (AvgIpc) is 2.63. The van der Waals surface area contributed by atoms with Gasteiger partial charge in [0.25, 0.3) is 5.56 Å². The molecule has 1 unspecified atom stereocenters. The van der Waals surface area contributed by atoms with Gasteiger partial charge in [-0.2, -0.15) is 0 Å². The van der Waals surface area contributed by atoms with Crippen molar-refractivity contribution in [3.63, 3.8) is 0 Å². The fourth-order valence-corrected chi connectivity index (χ4v) is 2.95. The molecule has 0 saturated heterocycles. The molecule has 100 valence electrons. The predicted molar refractivity (Wildman–Crippen MR) is 79.5 cm³/mol. The first-order valence-corrected chi connectivity index (χ1v) is 7.00. The van der Waals surface area contributed by atoms with E-state index in [1.54, 1.807) is 11.3 Å². The first-order chi connectivity index (χ1) is 9.02. The van der Waals surface area contributed by atoms with Crippen molar-refractivity contribution in [1.29, 1.82) is 0 Å². The zero-order valence-corrected chi connectivity index (χ0v) is 12.1. The lowest BCUT2D eigenvalue weighted by Crippen LogP contribution is -2.27. The Morgan fingerprint density at radius 2 is 2.26 bits per heavy atom. The molecule has 5 heteroatoms. The molecule has 2 aromatic heterocycles. The van der Waals surface area contributed by atoms with Crippen LogP contribution in [0, 0.1) is 26.2 Å². The topological polar surface area (TPSA) is 57.8 Å². The third-order valence-corrected chi connectivity index (χ3v) is 4.23. The Bertz CT molecular complexity index is 693. The Morgan fingerprint density at radius 3 is 2.95 bits per heavy atom. The van der Waals surface area contributed by atoms with Gasteiger partial charge in [0.15, 0.2) is 0 Å². The predicted octanol–water partition coefficient (Wildman–Crippen LogP) is 2.10. The molecule has 0 aromatic carbocycles. The van der Waals surface area contributed by atoms with Crippen LogP contribution in [-0.2, 0) is 6.54 Å². The highest BCUT2D eigenvalue weighted by atomic mass is 32.1. The monoisotopic (exact) mass is 275 g/mol. The molecule has 2 aromatic rings. The van der Waals surface area contributed by atoms with Crippen LogP contribution in [0.5, 0.6) is 0 Å². The van der Waals surface area contributed by atoms with Crippen molar-refractivity contribution in [2.24, 2.45) is 0 Å². The van der Waals surface area contributed by atoms with Crippen molar-refractivity contribution in [3.8, 4) is 12.3 Å². The molecule has 19 heavy (non-hydrogen) atoms. The summed E-state index contributed by atoms with van der Waals surface area (Å²) in [4.78, 5) is 21.3. The van der Waals surface area contributed by atoms with Crippen LogP contribution in [-0.4, -0.2) is 16.0 Å². The lowest BCUT2D eigenvalue weighted by atomic mass is 10.2. The second-order valence-electron chi connectivity index (χ2n) is 4.67. The van der Waals surface area contributed by atoms with Crippen molar-refractivity contribution < 1.29 is 0 Å². The van der Waals surface area contributed by atoms with E-state index in [-0.39, 0.29) is 11.6 Å². The van der Waals surface area contributed by atoms with Gasteiger partial charge in [0.2, 0.25) is 0 Å². The lowest BCUT2D eigenvalue weighted by molar-refractivity contribution is 0.546. The zero-order valence-electron chi connectivity index (χ0n) is 11.3. The average molecular weight is 275 g/mol. The molecular formula is C14H17N3OS. The van der Waals surface area contributed by atoms with Crippen LogP contribution in [0.15, 0.2) is 4.79 Å². The largest absolute Gasteiger partial charge is 0.309 e. The minimum atomic E-state index is -0.0618. The minimum Gasteiger partial charge on any atom is -0.309 e. The highest BCUT2D eigenvalue weighted by molar-refractivity contribution is 7.18. The number of terminal acetylenes is 1. The molecule has 0 aliphatic carbocycles. The van der Waals surface area contributed by atoms with E-state index in [9.17, 15) is 4.79 Å².